The maximum atomic E-state index is 12.0. The van der Waals surface area contributed by atoms with Gasteiger partial charge in [-0.3, -0.25) is 4.79 Å². The Labute approximate surface area is 117 Å². The summed E-state index contributed by atoms with van der Waals surface area (Å²) in [6, 6.07) is 7.75. The van der Waals surface area contributed by atoms with Crippen molar-refractivity contribution >= 4 is 22.8 Å². The Balaban J connectivity index is 2.23. The van der Waals surface area contributed by atoms with Crippen molar-refractivity contribution in [2.24, 2.45) is 0 Å². The van der Waals surface area contributed by atoms with Gasteiger partial charge in [0.25, 0.3) is 0 Å². The van der Waals surface area contributed by atoms with E-state index >= 15 is 0 Å². The number of aryl methyl sites for hydroxylation is 1. The summed E-state index contributed by atoms with van der Waals surface area (Å²) in [7, 11) is 2.00. The lowest BCUT2D eigenvalue weighted by molar-refractivity contribution is 0.0988. The van der Waals surface area contributed by atoms with Gasteiger partial charge in [-0.15, -0.1) is 11.3 Å². The summed E-state index contributed by atoms with van der Waals surface area (Å²) in [5.74, 6) is 0.178. The zero-order valence-electron chi connectivity index (χ0n) is 11.5. The van der Waals surface area contributed by atoms with Crippen LogP contribution in [0.25, 0.3) is 0 Å². The van der Waals surface area contributed by atoms with Crippen LogP contribution < -0.4 is 4.90 Å². The summed E-state index contributed by atoms with van der Waals surface area (Å²) in [4.78, 5) is 18.5. The number of anilines is 1. The van der Waals surface area contributed by atoms with E-state index in [1.165, 1.54) is 0 Å². The van der Waals surface area contributed by atoms with E-state index < -0.39 is 0 Å². The molecule has 0 saturated carbocycles. The van der Waals surface area contributed by atoms with Crippen LogP contribution in [0.2, 0.25) is 0 Å². The van der Waals surface area contributed by atoms with Gasteiger partial charge in [-0.25, -0.2) is 4.98 Å². The molecule has 3 nitrogen and oxygen atoms in total. The third-order valence-electron chi connectivity index (χ3n) is 3.00. The van der Waals surface area contributed by atoms with Crippen molar-refractivity contribution in [2.75, 3.05) is 11.9 Å². The smallest absolute Gasteiger partial charge is 0.164 e. The number of rotatable bonds is 5. The molecule has 1 aromatic carbocycles. The van der Waals surface area contributed by atoms with Gasteiger partial charge in [-0.05, 0) is 19.1 Å². The lowest BCUT2D eigenvalue weighted by Gasteiger charge is -2.21. The molecule has 1 aromatic heterocycles. The second kappa shape index (κ2) is 5.97. The molecular formula is C15H18N2OS. The number of carbonyl (C=O) groups is 1. The molecule has 0 amide bonds. The molecule has 2 rings (SSSR count). The first-order valence-corrected chi connectivity index (χ1v) is 7.24. The van der Waals surface area contributed by atoms with Crippen LogP contribution in [-0.4, -0.2) is 17.8 Å². The molecule has 0 aliphatic rings. The van der Waals surface area contributed by atoms with Gasteiger partial charge < -0.3 is 4.90 Å². The summed E-state index contributed by atoms with van der Waals surface area (Å²) >= 11 is 1.65. The average Bonchev–Trinajstić information content (AvgIpc) is 2.83. The van der Waals surface area contributed by atoms with E-state index in [-0.39, 0.29) is 5.78 Å². The monoisotopic (exact) mass is 274 g/mol. The van der Waals surface area contributed by atoms with Crippen LogP contribution in [0.5, 0.6) is 0 Å². The van der Waals surface area contributed by atoms with Gasteiger partial charge in [-0.2, -0.15) is 0 Å². The van der Waals surface area contributed by atoms with E-state index in [0.717, 1.165) is 28.5 Å². The summed E-state index contributed by atoms with van der Waals surface area (Å²) < 4.78 is 0. The largest absolute Gasteiger partial charge is 0.368 e. The Hall–Kier alpha value is -1.68. The molecule has 0 fully saturated rings. The topological polar surface area (TPSA) is 33.2 Å². The number of hydrogen-bond acceptors (Lipinski definition) is 4. The SMILES string of the molecule is CCC(=O)c1ccccc1N(C)Cc1csc(C)n1. The van der Waals surface area contributed by atoms with Gasteiger partial charge in [0, 0.05) is 30.1 Å². The molecule has 0 N–H and O–H groups in total. The molecule has 0 bridgehead atoms. The Morgan fingerprint density at radius 1 is 1.37 bits per heavy atom. The molecule has 19 heavy (non-hydrogen) atoms. The first-order chi connectivity index (χ1) is 9.11. The highest BCUT2D eigenvalue weighted by Gasteiger charge is 2.13. The molecule has 0 aliphatic heterocycles. The first-order valence-electron chi connectivity index (χ1n) is 6.36. The number of thiazole rings is 1. The highest BCUT2D eigenvalue weighted by atomic mass is 32.1. The van der Waals surface area contributed by atoms with E-state index in [2.05, 4.69) is 15.3 Å². The van der Waals surface area contributed by atoms with Crippen LogP contribution in [0, 0.1) is 6.92 Å². The van der Waals surface area contributed by atoms with Crippen molar-refractivity contribution < 1.29 is 4.79 Å². The fourth-order valence-corrected chi connectivity index (χ4v) is 2.65. The molecule has 0 atom stereocenters. The van der Waals surface area contributed by atoms with Crippen molar-refractivity contribution in [1.82, 2.24) is 4.98 Å². The standard InChI is InChI=1S/C15H18N2OS/c1-4-15(18)13-7-5-6-8-14(13)17(3)9-12-10-19-11(2)16-12/h5-8,10H,4,9H2,1-3H3. The fourth-order valence-electron chi connectivity index (χ4n) is 2.04. The van der Waals surface area contributed by atoms with Gasteiger partial charge >= 0.3 is 0 Å². The Morgan fingerprint density at radius 3 is 2.74 bits per heavy atom. The maximum Gasteiger partial charge on any atom is 0.164 e. The molecular weight excluding hydrogens is 256 g/mol. The van der Waals surface area contributed by atoms with E-state index in [1.54, 1.807) is 11.3 Å². The van der Waals surface area contributed by atoms with Gasteiger partial charge in [0.2, 0.25) is 0 Å². The predicted molar refractivity (Wildman–Crippen MR) is 80.0 cm³/mol. The Bertz CT molecular complexity index is 577. The normalized spacial score (nSPS) is 10.5. The van der Waals surface area contributed by atoms with Gasteiger partial charge in [0.15, 0.2) is 5.78 Å². The highest BCUT2D eigenvalue weighted by molar-refractivity contribution is 7.09. The average molecular weight is 274 g/mol. The summed E-state index contributed by atoms with van der Waals surface area (Å²) in [5, 5.41) is 3.14. The van der Waals surface area contributed by atoms with Gasteiger partial charge in [-0.1, -0.05) is 19.1 Å². The molecule has 2 aromatic rings. The van der Waals surface area contributed by atoms with Crippen LogP contribution in [0.4, 0.5) is 5.69 Å². The van der Waals surface area contributed by atoms with Crippen molar-refractivity contribution in [3.63, 3.8) is 0 Å². The third-order valence-corrected chi connectivity index (χ3v) is 3.82. The number of benzene rings is 1. The fraction of sp³-hybridized carbons (Fsp3) is 0.333. The molecule has 100 valence electrons. The van der Waals surface area contributed by atoms with Crippen LogP contribution in [0.1, 0.15) is 34.4 Å². The van der Waals surface area contributed by atoms with Crippen LogP contribution in [-0.2, 0) is 6.54 Å². The minimum Gasteiger partial charge on any atom is -0.368 e. The van der Waals surface area contributed by atoms with E-state index in [0.29, 0.717) is 6.42 Å². The molecule has 0 saturated heterocycles. The van der Waals surface area contributed by atoms with Crippen molar-refractivity contribution in [3.8, 4) is 0 Å². The lowest BCUT2D eigenvalue weighted by Crippen LogP contribution is -2.19. The molecule has 4 heteroatoms. The van der Waals surface area contributed by atoms with Crippen molar-refractivity contribution in [3.05, 3.63) is 45.9 Å². The second-order valence-electron chi connectivity index (χ2n) is 4.51. The van der Waals surface area contributed by atoms with E-state index in [1.807, 2.05) is 45.2 Å². The zero-order valence-corrected chi connectivity index (χ0v) is 12.3. The van der Waals surface area contributed by atoms with Gasteiger partial charge in [0.05, 0.1) is 17.2 Å². The van der Waals surface area contributed by atoms with Crippen LogP contribution in [0.15, 0.2) is 29.6 Å². The molecule has 0 radical (unpaired) electrons. The quantitative estimate of drug-likeness (QED) is 0.780. The summed E-state index contributed by atoms with van der Waals surface area (Å²) in [6.45, 7) is 4.62. The minimum absolute atomic E-state index is 0.178. The lowest BCUT2D eigenvalue weighted by atomic mass is 10.1. The molecule has 0 aliphatic carbocycles. The van der Waals surface area contributed by atoms with Crippen molar-refractivity contribution in [1.29, 1.82) is 0 Å². The number of hydrogen-bond donors (Lipinski definition) is 0. The van der Waals surface area contributed by atoms with Gasteiger partial charge in [0.1, 0.15) is 0 Å². The predicted octanol–water partition coefficient (Wildman–Crippen LogP) is 3.68. The number of Topliss-reactive ketones (excluding diaryl/α,β-unsaturated/α-hetero) is 1. The number of ketones is 1. The summed E-state index contributed by atoms with van der Waals surface area (Å²) in [6.07, 6.45) is 0.528. The maximum absolute atomic E-state index is 12.0. The number of carbonyl (C=O) groups excluding carboxylic acids is 1. The Morgan fingerprint density at radius 2 is 2.11 bits per heavy atom. The number of nitrogens with zero attached hydrogens (tertiary/aromatic N) is 2. The Kier molecular flexibility index (Phi) is 4.32. The first kappa shape index (κ1) is 13.7. The van der Waals surface area contributed by atoms with Crippen molar-refractivity contribution in [2.45, 2.75) is 26.8 Å². The zero-order chi connectivity index (χ0) is 13.8. The second-order valence-corrected chi connectivity index (χ2v) is 5.57. The highest BCUT2D eigenvalue weighted by Crippen LogP contribution is 2.22. The number of para-hydroxylation sites is 1. The van der Waals surface area contributed by atoms with E-state index in [9.17, 15) is 4.79 Å². The van der Waals surface area contributed by atoms with Crippen LogP contribution in [0.3, 0.4) is 0 Å². The van der Waals surface area contributed by atoms with Crippen LogP contribution >= 0.6 is 11.3 Å². The molecule has 0 spiro atoms. The molecule has 0 unspecified atom stereocenters. The summed E-state index contributed by atoms with van der Waals surface area (Å²) in [5.41, 5.74) is 2.81. The minimum atomic E-state index is 0.178. The third kappa shape index (κ3) is 3.20. The molecule has 1 heterocycles. The number of aromatic nitrogens is 1. The van der Waals surface area contributed by atoms with E-state index in [4.69, 9.17) is 0 Å².